The van der Waals surface area contributed by atoms with Crippen molar-refractivity contribution in [1.29, 1.82) is 0 Å². The van der Waals surface area contributed by atoms with Crippen molar-refractivity contribution in [2.45, 2.75) is 19.8 Å². The molecule has 1 atom stereocenters. The first-order valence-corrected chi connectivity index (χ1v) is 9.55. The van der Waals surface area contributed by atoms with Crippen LogP contribution in [0.4, 0.5) is 0 Å². The molecule has 1 saturated heterocycles. The minimum atomic E-state index is -3.14. The fourth-order valence-electron chi connectivity index (χ4n) is 2.44. The normalized spacial score (nSPS) is 20.3. The van der Waals surface area contributed by atoms with Gasteiger partial charge < -0.3 is 0 Å². The van der Waals surface area contributed by atoms with Crippen LogP contribution in [0, 0.1) is 5.92 Å². The molecule has 3 heterocycles. The summed E-state index contributed by atoms with van der Waals surface area (Å²) < 4.78 is 23.9. The number of nitrogens with one attached hydrogen (secondary N) is 1. The summed E-state index contributed by atoms with van der Waals surface area (Å²) in [6, 6.07) is 1.78. The molecule has 1 N–H and O–H groups in total. The van der Waals surface area contributed by atoms with Gasteiger partial charge in [0.15, 0.2) is 9.84 Å². The van der Waals surface area contributed by atoms with E-state index >= 15 is 0 Å². The molecule has 2 aromatic rings. The smallest absolute Gasteiger partial charge is 0.273 e. The summed E-state index contributed by atoms with van der Waals surface area (Å²) >= 11 is 1.45. The first-order chi connectivity index (χ1) is 10.4. The molecule has 0 radical (unpaired) electrons. The molecule has 0 spiro atoms. The first-order valence-electron chi connectivity index (χ1n) is 6.91. The van der Waals surface area contributed by atoms with E-state index in [1.54, 1.807) is 6.07 Å². The van der Waals surface area contributed by atoms with Crippen molar-refractivity contribution in [2.24, 2.45) is 5.92 Å². The topological polar surface area (TPSA) is 98.1 Å². The molecule has 3 rings (SSSR count). The Hall–Kier alpha value is -1.74. The van der Waals surface area contributed by atoms with Crippen molar-refractivity contribution in [3.63, 3.8) is 0 Å². The van der Waals surface area contributed by atoms with Crippen LogP contribution in [0.2, 0.25) is 0 Å². The summed E-state index contributed by atoms with van der Waals surface area (Å²) in [4.78, 5) is 30.3. The molecule has 22 heavy (non-hydrogen) atoms. The highest BCUT2D eigenvalue weighted by atomic mass is 32.2. The molecule has 1 amide bonds. The predicted molar refractivity (Wildman–Crippen MR) is 84.4 cm³/mol. The van der Waals surface area contributed by atoms with E-state index in [2.05, 4.69) is 10.4 Å². The zero-order valence-electron chi connectivity index (χ0n) is 11.9. The van der Waals surface area contributed by atoms with Crippen molar-refractivity contribution in [3.05, 3.63) is 27.6 Å². The molecule has 1 unspecified atom stereocenters. The van der Waals surface area contributed by atoms with Crippen molar-refractivity contribution in [1.82, 2.24) is 9.66 Å². The Balaban J connectivity index is 1.86. The van der Waals surface area contributed by atoms with Crippen molar-refractivity contribution in [3.8, 4) is 0 Å². The van der Waals surface area contributed by atoms with Crippen LogP contribution in [0.15, 0.2) is 17.2 Å². The number of carbonyl (C=O) groups is 1. The van der Waals surface area contributed by atoms with Crippen molar-refractivity contribution in [2.75, 3.05) is 16.9 Å². The van der Waals surface area contributed by atoms with Crippen LogP contribution in [0.5, 0.6) is 0 Å². The summed E-state index contributed by atoms with van der Waals surface area (Å²) in [5.74, 6) is -1.22. The predicted octanol–water partition coefficient (Wildman–Crippen LogP) is 0.525. The second-order valence-corrected chi connectivity index (χ2v) is 8.62. The molecule has 118 valence electrons. The minimum absolute atomic E-state index is 0.0155. The van der Waals surface area contributed by atoms with E-state index < -0.39 is 21.7 Å². The highest BCUT2D eigenvalue weighted by Crippen LogP contribution is 2.21. The Bertz CT molecular complexity index is 898. The van der Waals surface area contributed by atoms with Gasteiger partial charge in [0.1, 0.15) is 11.2 Å². The maximum absolute atomic E-state index is 12.3. The number of carbonyl (C=O) groups excluding carboxylic acids is 1. The standard InChI is InChI=1S/C13H15N3O4S2/c1-2-9-5-10-12(21-9)14-7-16(13(10)18)15-11(17)8-3-4-22(19,20)6-8/h5,7-8H,2-4,6H2,1H3,(H,15,17). The van der Waals surface area contributed by atoms with Crippen LogP contribution in [-0.4, -0.2) is 35.5 Å². The monoisotopic (exact) mass is 341 g/mol. The summed E-state index contributed by atoms with van der Waals surface area (Å²) in [5, 5.41) is 0.462. The van der Waals surface area contributed by atoms with Gasteiger partial charge >= 0.3 is 0 Å². The van der Waals surface area contributed by atoms with E-state index in [4.69, 9.17) is 0 Å². The van der Waals surface area contributed by atoms with Crippen LogP contribution in [0.25, 0.3) is 10.2 Å². The van der Waals surface area contributed by atoms with Gasteiger partial charge in [-0.15, -0.1) is 11.3 Å². The highest BCUT2D eigenvalue weighted by Gasteiger charge is 2.33. The fraction of sp³-hybridized carbons (Fsp3) is 0.462. The first kappa shape index (κ1) is 15.2. The maximum atomic E-state index is 12.3. The van der Waals surface area contributed by atoms with E-state index in [-0.39, 0.29) is 23.5 Å². The third kappa shape index (κ3) is 2.78. The number of rotatable bonds is 3. The minimum Gasteiger partial charge on any atom is -0.273 e. The average Bonchev–Trinajstić information content (AvgIpc) is 3.05. The third-order valence-corrected chi connectivity index (χ3v) is 6.64. The summed E-state index contributed by atoms with van der Waals surface area (Å²) in [7, 11) is -3.14. The molecule has 0 saturated carbocycles. The highest BCUT2D eigenvalue weighted by molar-refractivity contribution is 7.91. The largest absolute Gasteiger partial charge is 0.280 e. The molecule has 1 aliphatic rings. The lowest BCUT2D eigenvalue weighted by Crippen LogP contribution is -2.36. The third-order valence-electron chi connectivity index (χ3n) is 3.69. The van der Waals surface area contributed by atoms with Gasteiger partial charge in [-0.05, 0) is 18.9 Å². The number of aromatic nitrogens is 2. The average molecular weight is 341 g/mol. The quantitative estimate of drug-likeness (QED) is 0.878. The number of amides is 1. The van der Waals surface area contributed by atoms with Crippen LogP contribution >= 0.6 is 11.3 Å². The zero-order valence-corrected chi connectivity index (χ0v) is 13.5. The molecule has 0 aliphatic carbocycles. The van der Waals surface area contributed by atoms with Gasteiger partial charge in [0.05, 0.1) is 22.8 Å². The Morgan fingerprint density at radius 2 is 2.32 bits per heavy atom. The van der Waals surface area contributed by atoms with E-state index in [1.807, 2.05) is 6.92 Å². The number of thiophene rings is 1. The summed E-state index contributed by atoms with van der Waals surface area (Å²) in [5.41, 5.74) is 2.10. The van der Waals surface area contributed by atoms with Crippen LogP contribution in [0.1, 0.15) is 18.2 Å². The maximum Gasteiger partial charge on any atom is 0.280 e. The van der Waals surface area contributed by atoms with Crippen LogP contribution < -0.4 is 11.0 Å². The molecule has 1 fully saturated rings. The molecule has 1 aliphatic heterocycles. The Labute approximate surface area is 130 Å². The fourth-order valence-corrected chi connectivity index (χ4v) is 5.11. The van der Waals surface area contributed by atoms with E-state index in [0.29, 0.717) is 10.2 Å². The summed E-state index contributed by atoms with van der Waals surface area (Å²) in [6.45, 7) is 1.99. The molecule has 0 bridgehead atoms. The lowest BCUT2D eigenvalue weighted by atomic mass is 10.1. The van der Waals surface area contributed by atoms with Crippen LogP contribution in [0.3, 0.4) is 0 Å². The number of aryl methyl sites for hydroxylation is 1. The van der Waals surface area contributed by atoms with Crippen molar-refractivity contribution < 1.29 is 13.2 Å². The second-order valence-electron chi connectivity index (χ2n) is 5.28. The number of sulfone groups is 1. The van der Waals surface area contributed by atoms with Gasteiger partial charge in [-0.3, -0.25) is 15.0 Å². The van der Waals surface area contributed by atoms with Gasteiger partial charge in [0, 0.05) is 4.88 Å². The van der Waals surface area contributed by atoms with E-state index in [0.717, 1.165) is 16.0 Å². The number of fused-ring (bicyclic) bond motifs is 1. The second kappa shape index (κ2) is 5.47. The van der Waals surface area contributed by atoms with Gasteiger partial charge in [0.25, 0.3) is 5.56 Å². The molecular formula is C13H15N3O4S2. The van der Waals surface area contributed by atoms with Crippen LogP contribution in [-0.2, 0) is 21.1 Å². The summed E-state index contributed by atoms with van der Waals surface area (Å²) in [6.07, 6.45) is 2.37. The number of nitrogens with zero attached hydrogens (tertiary/aromatic N) is 2. The molecule has 0 aromatic carbocycles. The van der Waals surface area contributed by atoms with Gasteiger partial charge in [0.2, 0.25) is 5.91 Å². The lowest BCUT2D eigenvalue weighted by Gasteiger charge is -2.10. The Morgan fingerprint density at radius 3 is 2.95 bits per heavy atom. The zero-order chi connectivity index (χ0) is 15.9. The van der Waals surface area contributed by atoms with Gasteiger partial charge in [-0.25, -0.2) is 18.1 Å². The molecule has 7 nitrogen and oxygen atoms in total. The number of hydrogen-bond donors (Lipinski definition) is 1. The lowest BCUT2D eigenvalue weighted by molar-refractivity contribution is -0.120. The molecular weight excluding hydrogens is 326 g/mol. The number of hydrogen-bond acceptors (Lipinski definition) is 6. The SMILES string of the molecule is CCc1cc2c(=O)n(NC(=O)C3CCS(=O)(=O)C3)cnc2s1. The molecule has 9 heteroatoms. The van der Waals surface area contributed by atoms with Gasteiger partial charge in [-0.2, -0.15) is 0 Å². The Kier molecular flexibility index (Phi) is 3.77. The van der Waals surface area contributed by atoms with Crippen molar-refractivity contribution >= 4 is 37.3 Å². The molecule has 2 aromatic heterocycles. The van der Waals surface area contributed by atoms with E-state index in [1.165, 1.54) is 17.7 Å². The van der Waals surface area contributed by atoms with Gasteiger partial charge in [-0.1, -0.05) is 6.92 Å². The van der Waals surface area contributed by atoms with E-state index in [9.17, 15) is 18.0 Å². The Morgan fingerprint density at radius 1 is 1.55 bits per heavy atom.